The number of benzene rings is 1. The van der Waals surface area contributed by atoms with Crippen LogP contribution in [0.5, 0.6) is 0 Å². The van der Waals surface area contributed by atoms with E-state index in [-0.39, 0.29) is 12.1 Å². The van der Waals surface area contributed by atoms with Crippen LogP contribution in [0.25, 0.3) is 0 Å². The lowest BCUT2D eigenvalue weighted by Crippen LogP contribution is -2.48. The lowest BCUT2D eigenvalue weighted by atomic mass is 10.1. The van der Waals surface area contributed by atoms with Crippen molar-refractivity contribution in [3.05, 3.63) is 29.8 Å². The van der Waals surface area contributed by atoms with E-state index >= 15 is 0 Å². The van der Waals surface area contributed by atoms with E-state index < -0.39 is 11.7 Å². The van der Waals surface area contributed by atoms with Crippen LogP contribution in [0.1, 0.15) is 5.56 Å². The Labute approximate surface area is 132 Å². The van der Waals surface area contributed by atoms with Crippen molar-refractivity contribution in [2.24, 2.45) is 10.7 Å². The molecule has 2 N–H and O–H groups in total. The highest BCUT2D eigenvalue weighted by Gasteiger charge is 2.30. The van der Waals surface area contributed by atoms with Crippen molar-refractivity contribution in [2.75, 3.05) is 44.2 Å². The van der Waals surface area contributed by atoms with Gasteiger partial charge in [0.15, 0.2) is 0 Å². The van der Waals surface area contributed by atoms with Gasteiger partial charge >= 0.3 is 6.18 Å². The van der Waals surface area contributed by atoms with E-state index in [1.54, 1.807) is 0 Å². The van der Waals surface area contributed by atoms with Crippen LogP contribution in [-0.4, -0.2) is 56.3 Å². The third-order valence-corrected chi connectivity index (χ3v) is 4.13. The number of rotatable bonds is 3. The van der Waals surface area contributed by atoms with Crippen molar-refractivity contribution in [2.45, 2.75) is 12.2 Å². The van der Waals surface area contributed by atoms with Crippen LogP contribution in [0.15, 0.2) is 29.3 Å². The predicted octanol–water partition coefficient (Wildman–Crippen LogP) is 1.54. The molecular formula is C15H19F3N4O. The number of nitrogens with zero attached hydrogens (tertiary/aromatic N) is 3. The minimum Gasteiger partial charge on any atom is -0.463 e. The Morgan fingerprint density at radius 3 is 2.30 bits per heavy atom. The molecule has 23 heavy (non-hydrogen) atoms. The van der Waals surface area contributed by atoms with Crippen LogP contribution in [0, 0.1) is 0 Å². The lowest BCUT2D eigenvalue weighted by molar-refractivity contribution is -0.137. The predicted molar refractivity (Wildman–Crippen MR) is 81.5 cm³/mol. The molecule has 0 spiro atoms. The summed E-state index contributed by atoms with van der Waals surface area (Å²) in [5.74, 6) is 0. The average Bonchev–Trinajstić information content (AvgIpc) is 2.92. The van der Waals surface area contributed by atoms with Crippen LogP contribution in [0.3, 0.4) is 0 Å². The van der Waals surface area contributed by atoms with E-state index in [1.165, 1.54) is 12.1 Å². The van der Waals surface area contributed by atoms with Crippen LogP contribution < -0.4 is 10.6 Å². The first kappa shape index (κ1) is 15.9. The van der Waals surface area contributed by atoms with Gasteiger partial charge in [0.05, 0.1) is 5.56 Å². The summed E-state index contributed by atoms with van der Waals surface area (Å²) in [6.07, 6.45) is -4.29. The Balaban J connectivity index is 1.52. The van der Waals surface area contributed by atoms with Crippen molar-refractivity contribution in [1.29, 1.82) is 0 Å². The molecule has 2 aliphatic heterocycles. The van der Waals surface area contributed by atoms with Gasteiger partial charge in [-0.05, 0) is 24.3 Å². The van der Waals surface area contributed by atoms with Gasteiger partial charge in [0, 0.05) is 38.4 Å². The molecule has 1 fully saturated rings. The molecule has 8 heteroatoms. The summed E-state index contributed by atoms with van der Waals surface area (Å²) < 4.78 is 42.9. The fourth-order valence-corrected chi connectivity index (χ4v) is 2.88. The van der Waals surface area contributed by atoms with E-state index in [0.29, 0.717) is 6.61 Å². The van der Waals surface area contributed by atoms with Gasteiger partial charge in [0.2, 0.25) is 0 Å². The average molecular weight is 328 g/mol. The molecule has 3 rings (SSSR count). The first-order valence-corrected chi connectivity index (χ1v) is 7.52. The van der Waals surface area contributed by atoms with Crippen molar-refractivity contribution in [3.8, 4) is 0 Å². The monoisotopic (exact) mass is 328 g/mol. The number of amidine groups is 1. The molecule has 2 heterocycles. The number of nitrogens with two attached hydrogens (primary N) is 1. The zero-order chi connectivity index (χ0) is 16.4. The van der Waals surface area contributed by atoms with Crippen LogP contribution in [-0.2, 0) is 10.9 Å². The Morgan fingerprint density at radius 2 is 1.78 bits per heavy atom. The summed E-state index contributed by atoms with van der Waals surface area (Å²) in [5.41, 5.74) is 5.70. The van der Waals surface area contributed by atoms with Gasteiger partial charge in [-0.25, -0.2) is 4.99 Å². The molecule has 126 valence electrons. The normalized spacial score (nSPS) is 22.8. The number of anilines is 1. The number of halogens is 3. The second kappa shape index (κ2) is 6.27. The van der Waals surface area contributed by atoms with E-state index in [4.69, 9.17) is 10.5 Å². The minimum absolute atomic E-state index is 0.0765. The maximum absolute atomic E-state index is 12.6. The first-order chi connectivity index (χ1) is 10.9. The summed E-state index contributed by atoms with van der Waals surface area (Å²) in [5, 5.41) is 0. The van der Waals surface area contributed by atoms with Crippen molar-refractivity contribution >= 4 is 11.7 Å². The molecule has 1 saturated heterocycles. The van der Waals surface area contributed by atoms with Gasteiger partial charge in [-0.1, -0.05) is 0 Å². The summed E-state index contributed by atoms with van der Waals surface area (Å²) in [7, 11) is 0. The highest BCUT2D eigenvalue weighted by molar-refractivity contribution is 5.73. The molecule has 0 saturated carbocycles. The topological polar surface area (TPSA) is 54.1 Å². The molecule has 0 radical (unpaired) electrons. The van der Waals surface area contributed by atoms with Gasteiger partial charge in [-0.2, -0.15) is 13.2 Å². The quantitative estimate of drug-likeness (QED) is 0.914. The maximum atomic E-state index is 12.6. The SMILES string of the molecule is NC1=NC(CN2CCN(c3ccc(C(F)(F)F)cc3)CC2)CO1. The second-order valence-corrected chi connectivity index (χ2v) is 5.76. The van der Waals surface area contributed by atoms with Crippen LogP contribution >= 0.6 is 0 Å². The third kappa shape index (κ3) is 3.87. The van der Waals surface area contributed by atoms with Crippen molar-refractivity contribution in [3.63, 3.8) is 0 Å². The third-order valence-electron chi connectivity index (χ3n) is 4.13. The number of hydrogen-bond acceptors (Lipinski definition) is 5. The Bertz CT molecular complexity index is 565. The molecule has 0 aliphatic carbocycles. The van der Waals surface area contributed by atoms with Crippen LogP contribution in [0.4, 0.5) is 18.9 Å². The largest absolute Gasteiger partial charge is 0.463 e. The smallest absolute Gasteiger partial charge is 0.416 e. The van der Waals surface area contributed by atoms with Crippen molar-refractivity contribution < 1.29 is 17.9 Å². The van der Waals surface area contributed by atoms with Gasteiger partial charge in [0.25, 0.3) is 6.02 Å². The number of ether oxygens (including phenoxy) is 1. The van der Waals surface area contributed by atoms with E-state index in [0.717, 1.165) is 50.5 Å². The Kier molecular flexibility index (Phi) is 4.34. The van der Waals surface area contributed by atoms with Gasteiger partial charge in [0.1, 0.15) is 12.6 Å². The highest BCUT2D eigenvalue weighted by Crippen LogP contribution is 2.30. The number of aliphatic imine (C=N–C) groups is 1. The maximum Gasteiger partial charge on any atom is 0.416 e. The summed E-state index contributed by atoms with van der Waals surface area (Å²) in [6.45, 7) is 4.54. The van der Waals surface area contributed by atoms with Gasteiger partial charge in [-0.15, -0.1) is 0 Å². The molecule has 0 bridgehead atoms. The lowest BCUT2D eigenvalue weighted by Gasteiger charge is -2.36. The Morgan fingerprint density at radius 1 is 1.13 bits per heavy atom. The van der Waals surface area contributed by atoms with E-state index in [9.17, 15) is 13.2 Å². The fraction of sp³-hybridized carbons (Fsp3) is 0.533. The van der Waals surface area contributed by atoms with Crippen LogP contribution in [0.2, 0.25) is 0 Å². The van der Waals surface area contributed by atoms with E-state index in [2.05, 4.69) is 14.8 Å². The molecule has 0 amide bonds. The summed E-state index contributed by atoms with van der Waals surface area (Å²) in [6, 6.07) is 5.66. The fourth-order valence-electron chi connectivity index (χ4n) is 2.88. The molecule has 1 aromatic rings. The Hall–Kier alpha value is -1.96. The molecule has 2 aliphatic rings. The number of piperazine rings is 1. The zero-order valence-corrected chi connectivity index (χ0v) is 12.6. The number of alkyl halides is 3. The van der Waals surface area contributed by atoms with Gasteiger partial charge in [-0.3, -0.25) is 4.90 Å². The second-order valence-electron chi connectivity index (χ2n) is 5.76. The standard InChI is InChI=1S/C15H19F3N4O/c16-15(17,18)11-1-3-13(4-2-11)22-7-5-21(6-8-22)9-12-10-23-14(19)20-12/h1-4,12H,5-10H2,(H2,19,20). The van der Waals surface area contributed by atoms with Gasteiger partial charge < -0.3 is 15.4 Å². The summed E-state index contributed by atoms with van der Waals surface area (Å²) >= 11 is 0. The molecule has 1 aromatic carbocycles. The van der Waals surface area contributed by atoms with Crippen molar-refractivity contribution in [1.82, 2.24) is 4.90 Å². The highest BCUT2D eigenvalue weighted by atomic mass is 19.4. The molecule has 1 atom stereocenters. The molecule has 1 unspecified atom stereocenters. The first-order valence-electron chi connectivity index (χ1n) is 7.52. The zero-order valence-electron chi connectivity index (χ0n) is 12.6. The minimum atomic E-state index is -4.29. The molecule has 0 aromatic heterocycles. The molecule has 5 nitrogen and oxygen atoms in total. The van der Waals surface area contributed by atoms with E-state index in [1.807, 2.05) is 0 Å². The number of hydrogen-bond donors (Lipinski definition) is 1. The molecular weight excluding hydrogens is 309 g/mol. The summed E-state index contributed by atoms with van der Waals surface area (Å²) in [4.78, 5) is 8.57.